The summed E-state index contributed by atoms with van der Waals surface area (Å²) in [6.07, 6.45) is 0. The van der Waals surface area contributed by atoms with Gasteiger partial charge in [0.25, 0.3) is 40.5 Å². The van der Waals surface area contributed by atoms with Crippen LogP contribution in [0.5, 0.6) is 0 Å². The Labute approximate surface area is 320 Å². The number of para-hydroxylation sites is 2. The summed E-state index contributed by atoms with van der Waals surface area (Å²) in [6.45, 7) is 4.64. The van der Waals surface area contributed by atoms with E-state index in [0.717, 1.165) is 6.07 Å². The van der Waals surface area contributed by atoms with E-state index in [1.54, 1.807) is 60.7 Å². The number of hydrogen-bond donors (Lipinski definition) is 4. The monoisotopic (exact) mass is 830 g/mol. The molecule has 0 heterocycles. The second kappa shape index (κ2) is 16.2. The highest BCUT2D eigenvalue weighted by molar-refractivity contribution is 7.87. The Balaban J connectivity index is 1.78. The van der Waals surface area contributed by atoms with Crippen LogP contribution in [-0.2, 0) is 53.6 Å². The lowest BCUT2D eigenvalue weighted by Crippen LogP contribution is -2.26. The van der Waals surface area contributed by atoms with Crippen molar-refractivity contribution < 1.29 is 51.9 Å². The molecule has 5 aromatic rings. The number of benzene rings is 5. The molecule has 55 heavy (non-hydrogen) atoms. The first-order valence-corrected chi connectivity index (χ1v) is 22.4. The summed E-state index contributed by atoms with van der Waals surface area (Å²) in [5.41, 5.74) is 3.04. The molecular formula is C37H38N2O12S4. The normalized spacial score (nSPS) is 12.5. The van der Waals surface area contributed by atoms with E-state index in [1.807, 2.05) is 23.6 Å². The molecule has 0 aliphatic rings. The smallest absolute Gasteiger partial charge is 0.294 e. The Kier molecular flexibility index (Phi) is 12.2. The van der Waals surface area contributed by atoms with Crippen molar-refractivity contribution in [3.63, 3.8) is 0 Å². The maximum Gasteiger partial charge on any atom is 0.294 e. The molecule has 0 fully saturated rings. The molecule has 0 spiro atoms. The molecule has 0 amide bonds. The fourth-order valence-electron chi connectivity index (χ4n) is 6.46. The minimum atomic E-state index is -5.15. The van der Waals surface area contributed by atoms with Crippen molar-refractivity contribution in [2.75, 3.05) is 22.9 Å². The largest absolute Gasteiger partial charge is 0.367 e. The van der Waals surface area contributed by atoms with Crippen LogP contribution in [0.25, 0.3) is 0 Å². The fourth-order valence-corrected chi connectivity index (χ4v) is 8.91. The summed E-state index contributed by atoms with van der Waals surface area (Å²) in [5.74, 6) is -1.07. The summed E-state index contributed by atoms with van der Waals surface area (Å²) in [6, 6.07) is 28.2. The van der Waals surface area contributed by atoms with Gasteiger partial charge in [0.05, 0.1) is 19.6 Å². The van der Waals surface area contributed by atoms with Gasteiger partial charge < -0.3 is 9.80 Å². The molecule has 18 heteroatoms. The minimum absolute atomic E-state index is 0.0522. The van der Waals surface area contributed by atoms with Crippen LogP contribution < -0.4 is 9.80 Å². The molecule has 5 rings (SSSR count). The molecule has 4 N–H and O–H groups in total. The van der Waals surface area contributed by atoms with Crippen LogP contribution in [0.2, 0.25) is 0 Å². The third-order valence-corrected chi connectivity index (χ3v) is 12.4. The first-order chi connectivity index (χ1) is 25.7. The lowest BCUT2D eigenvalue weighted by Gasteiger charge is -2.33. The molecule has 0 atom stereocenters. The topological polar surface area (TPSA) is 224 Å². The van der Waals surface area contributed by atoms with Crippen LogP contribution >= 0.6 is 0 Å². The first-order valence-electron chi connectivity index (χ1n) is 16.6. The first kappa shape index (κ1) is 41.5. The maximum atomic E-state index is 13.1. The van der Waals surface area contributed by atoms with Gasteiger partial charge in [-0.1, -0.05) is 66.7 Å². The summed E-state index contributed by atoms with van der Waals surface area (Å²) < 4.78 is 138. The number of anilines is 2. The predicted molar refractivity (Wildman–Crippen MR) is 206 cm³/mol. The Morgan fingerprint density at radius 2 is 0.855 bits per heavy atom. The van der Waals surface area contributed by atoms with Crippen LogP contribution in [0.4, 0.5) is 11.4 Å². The van der Waals surface area contributed by atoms with Crippen molar-refractivity contribution >= 4 is 51.8 Å². The molecule has 0 saturated carbocycles. The van der Waals surface area contributed by atoms with E-state index in [-0.39, 0.29) is 28.4 Å². The van der Waals surface area contributed by atoms with Crippen molar-refractivity contribution in [1.82, 2.24) is 0 Å². The molecule has 0 bridgehead atoms. The zero-order chi connectivity index (χ0) is 40.3. The second-order valence-electron chi connectivity index (χ2n) is 12.5. The van der Waals surface area contributed by atoms with Crippen molar-refractivity contribution in [1.29, 1.82) is 0 Å². The number of nitrogens with zero attached hydrogens (tertiary/aromatic N) is 2. The molecule has 292 valence electrons. The van der Waals surface area contributed by atoms with Crippen molar-refractivity contribution in [3.8, 4) is 0 Å². The summed E-state index contributed by atoms with van der Waals surface area (Å²) in [7, 11) is -19.1. The Hall–Kier alpha value is -4.66. The zero-order valence-corrected chi connectivity index (χ0v) is 32.7. The van der Waals surface area contributed by atoms with E-state index in [0.29, 0.717) is 52.8 Å². The van der Waals surface area contributed by atoms with E-state index in [1.165, 1.54) is 42.5 Å². The van der Waals surface area contributed by atoms with Gasteiger partial charge >= 0.3 is 0 Å². The van der Waals surface area contributed by atoms with Gasteiger partial charge in [-0.2, -0.15) is 33.7 Å². The standard InChI is InChI=1S/C37H38N2O12S4/c1-3-38(24-26-11-9-13-28(21-26)52(40,41)42)34-17-7-5-15-31(34)37(33-20-19-30(54(46,47)48)23-36(33)55(49,50)51)32-16-6-8-18-35(32)39(4-2)25-27-12-10-14-29(22-27)53(43,44)45/h5-23,37H,3-4,24-25H2,1-2H3,(H,40,41,42)(H,43,44,45)(H,46,47,48)(H,49,50,51). The Morgan fingerprint density at radius 3 is 1.24 bits per heavy atom. The van der Waals surface area contributed by atoms with Crippen LogP contribution in [0.1, 0.15) is 47.6 Å². The Bertz CT molecular complexity index is 2540. The highest BCUT2D eigenvalue weighted by Crippen LogP contribution is 2.44. The van der Waals surface area contributed by atoms with Gasteiger partial charge in [-0.3, -0.25) is 18.2 Å². The van der Waals surface area contributed by atoms with Gasteiger partial charge in [-0.15, -0.1) is 0 Å². The van der Waals surface area contributed by atoms with Gasteiger partial charge in [0.2, 0.25) is 0 Å². The summed E-state index contributed by atoms with van der Waals surface area (Å²) in [5, 5.41) is 0. The average molecular weight is 831 g/mol. The molecule has 0 saturated heterocycles. The predicted octanol–water partition coefficient (Wildman–Crippen LogP) is 5.91. The van der Waals surface area contributed by atoms with Crippen LogP contribution in [0, 0.1) is 0 Å². The van der Waals surface area contributed by atoms with Gasteiger partial charge in [-0.05, 0) is 90.2 Å². The Morgan fingerprint density at radius 1 is 0.455 bits per heavy atom. The molecule has 14 nitrogen and oxygen atoms in total. The quantitative estimate of drug-likeness (QED) is 0.0712. The lowest BCUT2D eigenvalue weighted by molar-refractivity contribution is 0.477. The minimum Gasteiger partial charge on any atom is -0.367 e. The average Bonchev–Trinajstić information content (AvgIpc) is 3.12. The molecule has 5 aromatic carbocycles. The van der Waals surface area contributed by atoms with E-state index in [4.69, 9.17) is 0 Å². The fraction of sp³-hybridized carbons (Fsp3) is 0.189. The number of rotatable bonds is 15. The van der Waals surface area contributed by atoms with Crippen molar-refractivity contribution in [2.45, 2.75) is 52.4 Å². The van der Waals surface area contributed by atoms with Gasteiger partial charge in [-0.25, -0.2) is 0 Å². The molecule has 0 radical (unpaired) electrons. The van der Waals surface area contributed by atoms with E-state index in [9.17, 15) is 51.9 Å². The van der Waals surface area contributed by atoms with Gasteiger partial charge in [0.1, 0.15) is 0 Å². The third-order valence-electron chi connectivity index (χ3n) is 8.95. The lowest BCUT2D eigenvalue weighted by atomic mass is 9.82. The van der Waals surface area contributed by atoms with E-state index >= 15 is 0 Å². The molecule has 0 aromatic heterocycles. The van der Waals surface area contributed by atoms with Crippen LogP contribution in [-0.4, -0.2) is 65.0 Å². The molecule has 0 unspecified atom stereocenters. The van der Waals surface area contributed by atoms with Crippen molar-refractivity contribution in [3.05, 3.63) is 143 Å². The highest BCUT2D eigenvalue weighted by atomic mass is 32.2. The zero-order valence-electron chi connectivity index (χ0n) is 29.5. The van der Waals surface area contributed by atoms with Crippen LogP contribution in [0.3, 0.4) is 0 Å². The van der Waals surface area contributed by atoms with E-state index < -0.39 is 56.2 Å². The maximum absolute atomic E-state index is 13.1. The second-order valence-corrected chi connectivity index (χ2v) is 18.1. The SMILES string of the molecule is CCN(Cc1cccc(S(=O)(=O)O)c1)c1ccccc1C(c1ccccc1N(CC)Cc1cccc(S(=O)(=O)O)c1)c1ccc(S(=O)(=O)O)cc1S(=O)(=O)O. The molecular weight excluding hydrogens is 793 g/mol. The van der Waals surface area contributed by atoms with E-state index in [2.05, 4.69) is 0 Å². The number of hydrogen-bond acceptors (Lipinski definition) is 10. The highest BCUT2D eigenvalue weighted by Gasteiger charge is 2.32. The van der Waals surface area contributed by atoms with Crippen LogP contribution in [0.15, 0.2) is 135 Å². The third kappa shape index (κ3) is 9.78. The van der Waals surface area contributed by atoms with Gasteiger partial charge in [0.15, 0.2) is 0 Å². The molecule has 0 aliphatic carbocycles. The summed E-state index contributed by atoms with van der Waals surface area (Å²) in [4.78, 5) is 1.59. The molecule has 0 aliphatic heterocycles. The van der Waals surface area contributed by atoms with Gasteiger partial charge in [0, 0.05) is 43.5 Å². The summed E-state index contributed by atoms with van der Waals surface area (Å²) >= 11 is 0. The van der Waals surface area contributed by atoms with Crippen molar-refractivity contribution in [2.24, 2.45) is 0 Å².